The van der Waals surface area contributed by atoms with Crippen molar-refractivity contribution in [3.05, 3.63) is 57.5 Å². The summed E-state index contributed by atoms with van der Waals surface area (Å²) in [5, 5.41) is 3.63. The summed E-state index contributed by atoms with van der Waals surface area (Å²) in [5.41, 5.74) is 2.62. The van der Waals surface area contributed by atoms with E-state index in [1.54, 1.807) is 18.2 Å². The molecule has 0 aromatic heterocycles. The van der Waals surface area contributed by atoms with Crippen molar-refractivity contribution >= 4 is 46.2 Å². The number of ether oxygens (including phenoxy) is 2. The molecule has 1 saturated heterocycles. The van der Waals surface area contributed by atoms with Gasteiger partial charge in [-0.1, -0.05) is 35.2 Å². The number of rotatable bonds is 5. The normalized spacial score (nSPS) is 16.1. The van der Waals surface area contributed by atoms with E-state index in [0.717, 1.165) is 11.3 Å². The molecule has 7 heteroatoms. The summed E-state index contributed by atoms with van der Waals surface area (Å²) >= 11 is 7.54. The van der Waals surface area contributed by atoms with E-state index < -0.39 is 0 Å². The van der Waals surface area contributed by atoms with Crippen molar-refractivity contribution in [1.82, 2.24) is 5.32 Å². The van der Waals surface area contributed by atoms with Crippen molar-refractivity contribution < 1.29 is 14.3 Å². The number of nitrogens with zero attached hydrogens (tertiary/aromatic N) is 1. The minimum Gasteiger partial charge on any atom is -0.493 e. The van der Waals surface area contributed by atoms with Gasteiger partial charge in [0.15, 0.2) is 16.7 Å². The predicted molar refractivity (Wildman–Crippen MR) is 114 cm³/mol. The molecule has 2 aromatic rings. The highest BCUT2D eigenvalue weighted by atomic mass is 35.5. The Morgan fingerprint density at radius 2 is 2.07 bits per heavy atom. The molecule has 0 aliphatic carbocycles. The number of terminal acetylenes is 1. The van der Waals surface area contributed by atoms with E-state index in [1.165, 1.54) is 18.9 Å². The zero-order valence-electron chi connectivity index (χ0n) is 15.3. The summed E-state index contributed by atoms with van der Waals surface area (Å²) in [5.74, 6) is 2.97. The summed E-state index contributed by atoms with van der Waals surface area (Å²) in [6.45, 7) is 2.08. The van der Waals surface area contributed by atoms with Gasteiger partial charge in [0.25, 0.3) is 5.91 Å². The van der Waals surface area contributed by atoms with E-state index in [1.807, 2.05) is 31.2 Å². The number of aliphatic imine (C=N–C) groups is 1. The molecule has 0 unspecified atom stereocenters. The minimum atomic E-state index is -0.224. The minimum absolute atomic E-state index is 0.0770. The number of hydrogen-bond donors (Lipinski definition) is 1. The molecule has 0 bridgehead atoms. The quantitative estimate of drug-likeness (QED) is 0.577. The molecule has 1 fully saturated rings. The van der Waals surface area contributed by atoms with Gasteiger partial charge in [0.1, 0.15) is 6.61 Å². The van der Waals surface area contributed by atoms with Gasteiger partial charge in [-0.3, -0.25) is 4.79 Å². The van der Waals surface area contributed by atoms with Crippen LogP contribution in [0.2, 0.25) is 5.02 Å². The number of carbonyl (C=O) groups is 1. The van der Waals surface area contributed by atoms with Gasteiger partial charge in [-0.15, -0.1) is 6.42 Å². The molecule has 28 heavy (non-hydrogen) atoms. The smallest absolute Gasteiger partial charge is 0.264 e. The molecule has 3 rings (SSSR count). The second kappa shape index (κ2) is 8.87. The first kappa shape index (κ1) is 19.9. The van der Waals surface area contributed by atoms with Crippen LogP contribution in [0.1, 0.15) is 11.1 Å². The maximum Gasteiger partial charge on any atom is 0.264 e. The summed E-state index contributed by atoms with van der Waals surface area (Å²) in [4.78, 5) is 17.2. The molecule has 0 saturated carbocycles. The van der Waals surface area contributed by atoms with E-state index >= 15 is 0 Å². The summed E-state index contributed by atoms with van der Waals surface area (Å²) in [6.07, 6.45) is 6.94. The molecule has 1 heterocycles. The number of carbonyl (C=O) groups excluding carboxylic acids is 1. The number of thioether (sulfide) groups is 1. The van der Waals surface area contributed by atoms with Crippen LogP contribution in [0.4, 0.5) is 5.69 Å². The lowest BCUT2D eigenvalue weighted by Crippen LogP contribution is -2.19. The lowest BCUT2D eigenvalue weighted by atomic mass is 10.2. The molecule has 5 nitrogen and oxygen atoms in total. The number of amidine groups is 1. The van der Waals surface area contributed by atoms with Crippen molar-refractivity contribution in [1.29, 1.82) is 0 Å². The van der Waals surface area contributed by atoms with Crippen LogP contribution in [0.3, 0.4) is 0 Å². The fourth-order valence-electron chi connectivity index (χ4n) is 2.45. The maximum atomic E-state index is 12.3. The first-order valence-corrected chi connectivity index (χ1v) is 9.49. The average Bonchev–Trinajstić information content (AvgIpc) is 3.01. The van der Waals surface area contributed by atoms with E-state index in [0.29, 0.717) is 32.2 Å². The Morgan fingerprint density at radius 3 is 2.75 bits per heavy atom. The van der Waals surface area contributed by atoms with Gasteiger partial charge in [-0.2, -0.15) is 0 Å². The molecule has 142 valence electrons. The Bertz CT molecular complexity index is 1010. The number of amides is 1. The van der Waals surface area contributed by atoms with E-state index in [4.69, 9.17) is 27.5 Å². The van der Waals surface area contributed by atoms with E-state index in [9.17, 15) is 4.79 Å². The Hall–Kier alpha value is -2.88. The third-order valence-corrected chi connectivity index (χ3v) is 4.96. The molecular formula is C21H17ClN2O3S. The van der Waals surface area contributed by atoms with E-state index in [-0.39, 0.29) is 12.5 Å². The lowest BCUT2D eigenvalue weighted by Gasteiger charge is -2.11. The Balaban J connectivity index is 1.85. The zero-order valence-corrected chi connectivity index (χ0v) is 16.9. The highest BCUT2D eigenvalue weighted by Gasteiger charge is 2.24. The van der Waals surface area contributed by atoms with Gasteiger partial charge >= 0.3 is 0 Å². The van der Waals surface area contributed by atoms with Crippen LogP contribution in [0.5, 0.6) is 11.5 Å². The van der Waals surface area contributed by atoms with Crippen LogP contribution >= 0.6 is 23.4 Å². The molecule has 1 aliphatic heterocycles. The van der Waals surface area contributed by atoms with Gasteiger partial charge in [0, 0.05) is 0 Å². The van der Waals surface area contributed by atoms with Crippen LogP contribution in [-0.2, 0) is 4.79 Å². The molecule has 0 spiro atoms. The Labute approximate surface area is 172 Å². The monoisotopic (exact) mass is 412 g/mol. The standard InChI is InChI=1S/C21H17ClN2O3S/c1-4-9-27-19-16(22)10-14(11-17(19)26-3)12-18-20(25)24-21(28-18)23-15-7-5-13(2)6-8-15/h1,5-8,10-12H,9H2,2-3H3,(H,23,24,25)/b18-12-. The molecule has 1 aliphatic rings. The second-order valence-electron chi connectivity index (χ2n) is 5.84. The summed E-state index contributed by atoms with van der Waals surface area (Å²) < 4.78 is 10.8. The van der Waals surface area contributed by atoms with Crippen molar-refractivity contribution in [2.45, 2.75) is 6.92 Å². The van der Waals surface area contributed by atoms with Crippen LogP contribution in [0.15, 0.2) is 46.3 Å². The third-order valence-electron chi connectivity index (χ3n) is 3.76. The van der Waals surface area contributed by atoms with Crippen molar-refractivity contribution in [2.75, 3.05) is 13.7 Å². The van der Waals surface area contributed by atoms with E-state index in [2.05, 4.69) is 16.2 Å². The average molecular weight is 413 g/mol. The van der Waals surface area contributed by atoms with Crippen molar-refractivity contribution in [2.24, 2.45) is 4.99 Å². The Kier molecular flexibility index (Phi) is 6.30. The number of methoxy groups -OCH3 is 1. The first-order valence-electron chi connectivity index (χ1n) is 8.30. The number of nitrogens with one attached hydrogen (secondary N) is 1. The SMILES string of the molecule is C#CCOc1c(Cl)cc(/C=C2\SC(=Nc3ccc(C)cc3)NC2=O)cc1OC. The van der Waals surface area contributed by atoms with Crippen LogP contribution in [-0.4, -0.2) is 24.8 Å². The zero-order chi connectivity index (χ0) is 20.1. The number of halogens is 1. The fourth-order valence-corrected chi connectivity index (χ4v) is 3.56. The first-order chi connectivity index (χ1) is 13.5. The van der Waals surface area contributed by atoms with Crippen LogP contribution < -0.4 is 14.8 Å². The predicted octanol–water partition coefficient (Wildman–Crippen LogP) is 4.56. The molecule has 2 aromatic carbocycles. The highest BCUT2D eigenvalue weighted by Crippen LogP contribution is 2.38. The molecule has 1 N–H and O–H groups in total. The molecule has 0 radical (unpaired) electrons. The lowest BCUT2D eigenvalue weighted by molar-refractivity contribution is -0.115. The fraction of sp³-hybridized carbons (Fsp3) is 0.143. The number of hydrogen-bond acceptors (Lipinski definition) is 5. The van der Waals surface area contributed by atoms with Crippen molar-refractivity contribution in [3.63, 3.8) is 0 Å². The van der Waals surface area contributed by atoms with Gasteiger partial charge in [-0.05, 0) is 54.6 Å². The maximum absolute atomic E-state index is 12.3. The van der Waals surface area contributed by atoms with Crippen LogP contribution in [0, 0.1) is 19.3 Å². The molecule has 1 amide bonds. The van der Waals surface area contributed by atoms with Gasteiger partial charge < -0.3 is 14.8 Å². The largest absolute Gasteiger partial charge is 0.493 e. The summed E-state index contributed by atoms with van der Waals surface area (Å²) in [6, 6.07) is 11.2. The van der Waals surface area contributed by atoms with Gasteiger partial charge in [0.05, 0.1) is 22.7 Å². The van der Waals surface area contributed by atoms with Gasteiger partial charge in [-0.25, -0.2) is 4.99 Å². The third kappa shape index (κ3) is 4.69. The van der Waals surface area contributed by atoms with Gasteiger partial charge in [0.2, 0.25) is 0 Å². The summed E-state index contributed by atoms with van der Waals surface area (Å²) in [7, 11) is 1.51. The molecular weight excluding hydrogens is 396 g/mol. The second-order valence-corrected chi connectivity index (χ2v) is 7.28. The number of benzene rings is 2. The highest BCUT2D eigenvalue weighted by molar-refractivity contribution is 8.18. The van der Waals surface area contributed by atoms with Crippen LogP contribution in [0.25, 0.3) is 6.08 Å². The van der Waals surface area contributed by atoms with Crippen molar-refractivity contribution in [3.8, 4) is 23.8 Å². The Morgan fingerprint density at radius 1 is 1.32 bits per heavy atom. The molecule has 0 atom stereocenters. The topological polar surface area (TPSA) is 59.9 Å². The number of aryl methyl sites for hydroxylation is 1.